The van der Waals surface area contributed by atoms with E-state index in [0.717, 1.165) is 19.1 Å². The largest absolute Gasteiger partial charge is 0.329 e. The molecule has 2 rings (SSSR count). The smallest absolute Gasteiger partial charge is 0.0470 e. The highest BCUT2D eigenvalue weighted by Crippen LogP contribution is 2.32. The predicted molar refractivity (Wildman–Crippen MR) is 82.4 cm³/mol. The molecule has 1 aliphatic heterocycles. The second-order valence-electron chi connectivity index (χ2n) is 7.00. The van der Waals surface area contributed by atoms with Crippen molar-refractivity contribution in [3.8, 4) is 0 Å². The number of hydrogen-bond donors (Lipinski definition) is 1. The van der Waals surface area contributed by atoms with Gasteiger partial charge in [-0.3, -0.25) is 9.80 Å². The Morgan fingerprint density at radius 2 is 1.84 bits per heavy atom. The van der Waals surface area contributed by atoms with E-state index >= 15 is 0 Å². The van der Waals surface area contributed by atoms with E-state index in [1.54, 1.807) is 0 Å². The highest BCUT2D eigenvalue weighted by atomic mass is 15.3. The maximum atomic E-state index is 6.21. The van der Waals surface area contributed by atoms with Gasteiger partial charge in [-0.25, -0.2) is 0 Å². The van der Waals surface area contributed by atoms with Crippen LogP contribution in [-0.2, 0) is 0 Å². The van der Waals surface area contributed by atoms with Crippen LogP contribution in [-0.4, -0.2) is 54.1 Å². The summed E-state index contributed by atoms with van der Waals surface area (Å²) in [7, 11) is 2.34. The van der Waals surface area contributed by atoms with Crippen LogP contribution in [0.1, 0.15) is 58.8 Å². The van der Waals surface area contributed by atoms with Crippen molar-refractivity contribution in [2.75, 3.05) is 26.7 Å². The molecular formula is C16H33N3. The molecule has 112 valence electrons. The van der Waals surface area contributed by atoms with Gasteiger partial charge in [-0.15, -0.1) is 0 Å². The topological polar surface area (TPSA) is 32.5 Å². The van der Waals surface area contributed by atoms with Gasteiger partial charge in [0.25, 0.3) is 0 Å². The van der Waals surface area contributed by atoms with Crippen molar-refractivity contribution in [1.82, 2.24) is 9.80 Å². The van der Waals surface area contributed by atoms with E-state index in [0.29, 0.717) is 6.04 Å². The molecule has 2 fully saturated rings. The van der Waals surface area contributed by atoms with Gasteiger partial charge in [0, 0.05) is 37.3 Å². The average molecular weight is 267 g/mol. The number of likely N-dealkylation sites (tertiary alicyclic amines) is 1. The molecular weight excluding hydrogens is 234 g/mol. The molecule has 2 N–H and O–H groups in total. The van der Waals surface area contributed by atoms with Gasteiger partial charge in [0.1, 0.15) is 0 Å². The first-order valence-corrected chi connectivity index (χ1v) is 8.26. The Morgan fingerprint density at radius 1 is 1.21 bits per heavy atom. The van der Waals surface area contributed by atoms with Crippen LogP contribution in [0.25, 0.3) is 0 Å². The van der Waals surface area contributed by atoms with Gasteiger partial charge >= 0.3 is 0 Å². The van der Waals surface area contributed by atoms with Gasteiger partial charge in [0.05, 0.1) is 0 Å². The lowest BCUT2D eigenvalue weighted by Crippen LogP contribution is -2.57. The van der Waals surface area contributed by atoms with Gasteiger partial charge in [0.2, 0.25) is 0 Å². The Labute approximate surface area is 119 Å². The van der Waals surface area contributed by atoms with Gasteiger partial charge in [-0.1, -0.05) is 25.7 Å². The fourth-order valence-corrected chi connectivity index (χ4v) is 3.96. The number of likely N-dealkylation sites (N-methyl/N-ethyl adjacent to an activating group) is 1. The van der Waals surface area contributed by atoms with Gasteiger partial charge < -0.3 is 5.73 Å². The van der Waals surface area contributed by atoms with E-state index in [1.807, 2.05) is 0 Å². The summed E-state index contributed by atoms with van der Waals surface area (Å²) in [5.41, 5.74) is 6.44. The second-order valence-corrected chi connectivity index (χ2v) is 7.00. The highest BCUT2D eigenvalue weighted by molar-refractivity contribution is 5.01. The highest BCUT2D eigenvalue weighted by Gasteiger charge is 2.43. The molecule has 3 heteroatoms. The summed E-state index contributed by atoms with van der Waals surface area (Å²) in [6.45, 7) is 7.79. The molecule has 1 heterocycles. The van der Waals surface area contributed by atoms with Crippen molar-refractivity contribution >= 4 is 0 Å². The van der Waals surface area contributed by atoms with Gasteiger partial charge in [-0.05, 0) is 40.2 Å². The van der Waals surface area contributed by atoms with E-state index < -0.39 is 0 Å². The van der Waals surface area contributed by atoms with Gasteiger partial charge in [0.15, 0.2) is 0 Å². The minimum absolute atomic E-state index is 0.235. The third-order valence-electron chi connectivity index (χ3n) is 5.59. The molecule has 1 saturated heterocycles. The van der Waals surface area contributed by atoms with E-state index in [2.05, 4.69) is 30.7 Å². The second kappa shape index (κ2) is 6.55. The summed E-state index contributed by atoms with van der Waals surface area (Å²) in [6, 6.07) is 1.41. The van der Waals surface area contributed by atoms with Crippen LogP contribution >= 0.6 is 0 Å². The van der Waals surface area contributed by atoms with Crippen molar-refractivity contribution in [2.45, 2.75) is 76.4 Å². The van der Waals surface area contributed by atoms with Crippen LogP contribution in [0, 0.1) is 0 Å². The Kier molecular flexibility index (Phi) is 5.27. The average Bonchev–Trinajstić information content (AvgIpc) is 2.68. The first-order valence-electron chi connectivity index (χ1n) is 8.26. The van der Waals surface area contributed by atoms with Crippen molar-refractivity contribution < 1.29 is 0 Å². The molecule has 3 nitrogen and oxygen atoms in total. The molecule has 0 spiro atoms. The number of rotatable bonds is 4. The predicted octanol–water partition coefficient (Wildman–Crippen LogP) is 2.45. The van der Waals surface area contributed by atoms with Gasteiger partial charge in [-0.2, -0.15) is 0 Å². The molecule has 19 heavy (non-hydrogen) atoms. The SMILES string of the molecule is CC(C)N1CCC(CN)(N(C)C2CCCCCC2)C1. The summed E-state index contributed by atoms with van der Waals surface area (Å²) in [5, 5.41) is 0. The molecule has 0 aromatic heterocycles. The third kappa shape index (κ3) is 3.32. The summed E-state index contributed by atoms with van der Waals surface area (Å²) < 4.78 is 0. The van der Waals surface area contributed by atoms with Crippen molar-refractivity contribution in [2.24, 2.45) is 5.73 Å². The summed E-state index contributed by atoms with van der Waals surface area (Å²) in [4.78, 5) is 5.26. The molecule has 0 aromatic rings. The fraction of sp³-hybridized carbons (Fsp3) is 1.00. The summed E-state index contributed by atoms with van der Waals surface area (Å²) in [6.07, 6.45) is 9.66. The number of hydrogen-bond acceptors (Lipinski definition) is 3. The van der Waals surface area contributed by atoms with Crippen LogP contribution in [0.15, 0.2) is 0 Å². The van der Waals surface area contributed by atoms with Crippen LogP contribution in [0.3, 0.4) is 0 Å². The molecule has 2 aliphatic rings. The Hall–Kier alpha value is -0.120. The Bertz CT molecular complexity index is 271. The zero-order valence-corrected chi connectivity index (χ0v) is 13.2. The van der Waals surface area contributed by atoms with Crippen LogP contribution in [0.5, 0.6) is 0 Å². The van der Waals surface area contributed by atoms with E-state index in [9.17, 15) is 0 Å². The molecule has 1 atom stereocenters. The summed E-state index contributed by atoms with van der Waals surface area (Å²) >= 11 is 0. The zero-order chi connectivity index (χ0) is 13.9. The molecule has 0 bridgehead atoms. The maximum absolute atomic E-state index is 6.21. The van der Waals surface area contributed by atoms with E-state index in [1.165, 1.54) is 51.5 Å². The standard InChI is InChI=1S/C16H33N3/c1-14(2)19-11-10-16(12-17,13-19)18(3)15-8-6-4-5-7-9-15/h14-15H,4-13,17H2,1-3H3. The van der Waals surface area contributed by atoms with Crippen molar-refractivity contribution in [3.63, 3.8) is 0 Å². The lowest BCUT2D eigenvalue weighted by Gasteiger charge is -2.43. The molecule has 1 aliphatic carbocycles. The fourth-order valence-electron chi connectivity index (χ4n) is 3.96. The normalized spacial score (nSPS) is 31.3. The monoisotopic (exact) mass is 267 g/mol. The minimum Gasteiger partial charge on any atom is -0.329 e. The molecule has 1 unspecified atom stereocenters. The van der Waals surface area contributed by atoms with Crippen LogP contribution in [0.4, 0.5) is 0 Å². The first-order chi connectivity index (χ1) is 9.09. The Balaban J connectivity index is 2.03. The molecule has 0 amide bonds. The quantitative estimate of drug-likeness (QED) is 0.794. The maximum Gasteiger partial charge on any atom is 0.0470 e. The third-order valence-corrected chi connectivity index (χ3v) is 5.59. The first kappa shape index (κ1) is 15.3. The van der Waals surface area contributed by atoms with Crippen molar-refractivity contribution in [3.05, 3.63) is 0 Å². The van der Waals surface area contributed by atoms with Crippen LogP contribution in [0.2, 0.25) is 0 Å². The minimum atomic E-state index is 0.235. The number of nitrogens with two attached hydrogens (primary N) is 1. The molecule has 0 aromatic carbocycles. The van der Waals surface area contributed by atoms with E-state index in [4.69, 9.17) is 5.73 Å². The molecule has 1 saturated carbocycles. The van der Waals surface area contributed by atoms with Crippen LogP contribution < -0.4 is 5.73 Å². The number of nitrogens with zero attached hydrogens (tertiary/aromatic N) is 2. The van der Waals surface area contributed by atoms with E-state index in [-0.39, 0.29) is 5.54 Å². The molecule has 0 radical (unpaired) electrons. The summed E-state index contributed by atoms with van der Waals surface area (Å²) in [5.74, 6) is 0. The Morgan fingerprint density at radius 3 is 2.32 bits per heavy atom. The zero-order valence-electron chi connectivity index (χ0n) is 13.2. The lowest BCUT2D eigenvalue weighted by molar-refractivity contribution is 0.0704. The van der Waals surface area contributed by atoms with Crippen molar-refractivity contribution in [1.29, 1.82) is 0 Å². The lowest BCUT2D eigenvalue weighted by atomic mass is 9.92.